The molecule has 1 aromatic rings. The molecule has 1 aromatic carbocycles. The van der Waals surface area contributed by atoms with Gasteiger partial charge in [0.25, 0.3) is 0 Å². The van der Waals surface area contributed by atoms with Crippen LogP contribution in [-0.2, 0) is 0 Å². The third-order valence-corrected chi connectivity index (χ3v) is 3.07. The van der Waals surface area contributed by atoms with Gasteiger partial charge in [-0.1, -0.05) is 6.07 Å². The predicted octanol–water partition coefficient (Wildman–Crippen LogP) is 2.04. The van der Waals surface area contributed by atoms with E-state index in [-0.39, 0.29) is 6.04 Å². The van der Waals surface area contributed by atoms with Gasteiger partial charge >= 0.3 is 0 Å². The molecular formula is C12H17NO2S. The third kappa shape index (κ3) is 2.44. The zero-order valence-electron chi connectivity index (χ0n) is 9.40. The molecular weight excluding hydrogens is 222 g/mol. The molecule has 0 fully saturated rings. The topological polar surface area (TPSA) is 30.5 Å². The Morgan fingerprint density at radius 3 is 2.75 bits per heavy atom. The monoisotopic (exact) mass is 239 g/mol. The molecule has 4 heteroatoms. The van der Waals surface area contributed by atoms with Gasteiger partial charge in [-0.3, -0.25) is 0 Å². The second kappa shape index (κ2) is 5.46. The second-order valence-corrected chi connectivity index (χ2v) is 4.15. The third-order valence-electron chi connectivity index (χ3n) is 2.70. The van der Waals surface area contributed by atoms with Crippen LogP contribution in [0.5, 0.6) is 11.5 Å². The van der Waals surface area contributed by atoms with Crippen LogP contribution in [0.25, 0.3) is 0 Å². The minimum absolute atomic E-state index is 0.250. The van der Waals surface area contributed by atoms with E-state index in [1.807, 2.05) is 19.2 Å². The first kappa shape index (κ1) is 11.6. The SMILES string of the molecule is CNC(CS)c1ccc2c(c1)OCCCO2. The first-order valence-corrected chi connectivity index (χ1v) is 6.16. The Hall–Kier alpha value is -0.870. The van der Waals surface area contributed by atoms with Crippen molar-refractivity contribution in [2.45, 2.75) is 12.5 Å². The van der Waals surface area contributed by atoms with Gasteiger partial charge in [0.15, 0.2) is 11.5 Å². The molecule has 1 unspecified atom stereocenters. The van der Waals surface area contributed by atoms with E-state index in [0.29, 0.717) is 0 Å². The Labute approximate surface area is 102 Å². The summed E-state index contributed by atoms with van der Waals surface area (Å²) in [6.07, 6.45) is 0.937. The van der Waals surface area contributed by atoms with Crippen LogP contribution in [0.1, 0.15) is 18.0 Å². The van der Waals surface area contributed by atoms with Crippen molar-refractivity contribution in [3.05, 3.63) is 23.8 Å². The van der Waals surface area contributed by atoms with E-state index >= 15 is 0 Å². The predicted molar refractivity (Wildman–Crippen MR) is 67.7 cm³/mol. The molecule has 16 heavy (non-hydrogen) atoms. The van der Waals surface area contributed by atoms with Crippen LogP contribution in [0.4, 0.5) is 0 Å². The maximum atomic E-state index is 5.65. The summed E-state index contributed by atoms with van der Waals surface area (Å²) in [6.45, 7) is 1.45. The first-order valence-electron chi connectivity index (χ1n) is 5.53. The molecule has 1 atom stereocenters. The summed E-state index contributed by atoms with van der Waals surface area (Å²) in [4.78, 5) is 0. The molecule has 0 bridgehead atoms. The summed E-state index contributed by atoms with van der Waals surface area (Å²) in [5, 5.41) is 3.22. The highest BCUT2D eigenvalue weighted by molar-refractivity contribution is 7.80. The van der Waals surface area contributed by atoms with Crippen LogP contribution in [0.15, 0.2) is 18.2 Å². The van der Waals surface area contributed by atoms with Gasteiger partial charge in [0.2, 0.25) is 0 Å². The second-order valence-electron chi connectivity index (χ2n) is 3.78. The van der Waals surface area contributed by atoms with Crippen molar-refractivity contribution in [3.8, 4) is 11.5 Å². The Morgan fingerprint density at radius 2 is 2.06 bits per heavy atom. The maximum Gasteiger partial charge on any atom is 0.161 e. The highest BCUT2D eigenvalue weighted by atomic mass is 32.1. The normalized spacial score (nSPS) is 16.6. The standard InChI is InChI=1S/C12H17NO2S/c1-13-10(8-16)9-3-4-11-12(7-9)15-6-2-5-14-11/h3-4,7,10,13,16H,2,5-6,8H2,1H3. The van der Waals surface area contributed by atoms with Gasteiger partial charge in [0.1, 0.15) is 0 Å². The summed E-state index contributed by atoms with van der Waals surface area (Å²) >= 11 is 4.32. The molecule has 0 spiro atoms. The number of rotatable bonds is 3. The number of benzene rings is 1. The summed E-state index contributed by atoms with van der Waals surface area (Å²) in [5.74, 6) is 2.45. The molecule has 1 aliphatic heterocycles. The smallest absolute Gasteiger partial charge is 0.161 e. The van der Waals surface area contributed by atoms with Crippen LogP contribution in [-0.4, -0.2) is 26.0 Å². The molecule has 0 radical (unpaired) electrons. The van der Waals surface area contributed by atoms with E-state index in [2.05, 4.69) is 24.0 Å². The van der Waals surface area contributed by atoms with Gasteiger partial charge in [-0.05, 0) is 24.7 Å². The van der Waals surface area contributed by atoms with Crippen LogP contribution in [0, 0.1) is 0 Å². The Balaban J connectivity index is 2.26. The minimum Gasteiger partial charge on any atom is -0.490 e. The zero-order valence-corrected chi connectivity index (χ0v) is 10.3. The molecule has 0 amide bonds. The van der Waals surface area contributed by atoms with Gasteiger partial charge in [-0.2, -0.15) is 12.6 Å². The van der Waals surface area contributed by atoms with Gasteiger partial charge in [0.05, 0.1) is 13.2 Å². The molecule has 0 saturated carbocycles. The molecule has 0 aromatic heterocycles. The quantitative estimate of drug-likeness (QED) is 0.791. The van der Waals surface area contributed by atoms with Crippen LogP contribution in [0.2, 0.25) is 0 Å². The fourth-order valence-corrected chi connectivity index (χ4v) is 2.15. The lowest BCUT2D eigenvalue weighted by molar-refractivity contribution is 0.297. The Morgan fingerprint density at radius 1 is 1.31 bits per heavy atom. The van der Waals surface area contributed by atoms with Crippen molar-refractivity contribution in [1.29, 1.82) is 0 Å². The molecule has 1 aliphatic rings. The summed E-state index contributed by atoms with van der Waals surface area (Å²) < 4.78 is 11.2. The summed E-state index contributed by atoms with van der Waals surface area (Å²) in [5.41, 5.74) is 1.18. The highest BCUT2D eigenvalue weighted by Gasteiger charge is 2.14. The van der Waals surface area contributed by atoms with E-state index in [4.69, 9.17) is 9.47 Å². The number of ether oxygens (including phenoxy) is 2. The van der Waals surface area contributed by atoms with Crippen molar-refractivity contribution in [2.75, 3.05) is 26.0 Å². The van der Waals surface area contributed by atoms with Crippen LogP contribution >= 0.6 is 12.6 Å². The van der Waals surface area contributed by atoms with Crippen molar-refractivity contribution < 1.29 is 9.47 Å². The maximum absolute atomic E-state index is 5.65. The summed E-state index contributed by atoms with van der Waals surface area (Å²) in [7, 11) is 1.93. The summed E-state index contributed by atoms with van der Waals surface area (Å²) in [6, 6.07) is 6.33. The van der Waals surface area contributed by atoms with Gasteiger partial charge < -0.3 is 14.8 Å². The number of thiol groups is 1. The van der Waals surface area contributed by atoms with Gasteiger partial charge in [0, 0.05) is 18.2 Å². The molecule has 3 nitrogen and oxygen atoms in total. The van der Waals surface area contributed by atoms with Gasteiger partial charge in [-0.15, -0.1) is 0 Å². The first-order chi connectivity index (χ1) is 7.85. The Bertz CT molecular complexity index is 353. The van der Waals surface area contributed by atoms with Gasteiger partial charge in [-0.25, -0.2) is 0 Å². The number of hydrogen-bond donors (Lipinski definition) is 2. The Kier molecular flexibility index (Phi) is 3.96. The fourth-order valence-electron chi connectivity index (χ4n) is 1.76. The van der Waals surface area contributed by atoms with Crippen molar-refractivity contribution >= 4 is 12.6 Å². The largest absolute Gasteiger partial charge is 0.490 e. The lowest BCUT2D eigenvalue weighted by atomic mass is 10.1. The average molecular weight is 239 g/mol. The fraction of sp³-hybridized carbons (Fsp3) is 0.500. The zero-order chi connectivity index (χ0) is 11.4. The molecule has 0 aliphatic carbocycles. The van der Waals surface area contributed by atoms with Crippen molar-refractivity contribution in [2.24, 2.45) is 0 Å². The van der Waals surface area contributed by atoms with Crippen molar-refractivity contribution in [3.63, 3.8) is 0 Å². The number of fused-ring (bicyclic) bond motifs is 1. The average Bonchev–Trinajstić information content (AvgIpc) is 2.55. The van der Waals surface area contributed by atoms with Crippen LogP contribution in [0.3, 0.4) is 0 Å². The molecule has 1 heterocycles. The van der Waals surface area contributed by atoms with E-state index in [1.165, 1.54) is 5.56 Å². The van der Waals surface area contributed by atoms with E-state index in [1.54, 1.807) is 0 Å². The molecule has 2 rings (SSSR count). The molecule has 0 saturated heterocycles. The molecule has 1 N–H and O–H groups in total. The number of nitrogens with one attached hydrogen (secondary N) is 1. The lowest BCUT2D eigenvalue weighted by Gasteiger charge is -2.16. The van der Waals surface area contributed by atoms with E-state index < -0.39 is 0 Å². The van der Waals surface area contributed by atoms with E-state index in [9.17, 15) is 0 Å². The van der Waals surface area contributed by atoms with Crippen LogP contribution < -0.4 is 14.8 Å². The number of hydrogen-bond acceptors (Lipinski definition) is 4. The minimum atomic E-state index is 0.250. The van der Waals surface area contributed by atoms with Crippen molar-refractivity contribution in [1.82, 2.24) is 5.32 Å². The molecule has 88 valence electrons. The van der Waals surface area contributed by atoms with E-state index in [0.717, 1.165) is 36.9 Å². The highest BCUT2D eigenvalue weighted by Crippen LogP contribution is 2.32. The lowest BCUT2D eigenvalue weighted by Crippen LogP contribution is -2.17.